The first-order chi connectivity index (χ1) is 6.21. The van der Waals surface area contributed by atoms with E-state index in [0.29, 0.717) is 6.07 Å². The molecule has 0 aliphatic rings. The van der Waals surface area contributed by atoms with Crippen molar-refractivity contribution in [3.63, 3.8) is 0 Å². The molecule has 0 bridgehead atoms. The summed E-state index contributed by atoms with van der Waals surface area (Å²) in [6.45, 7) is 0. The predicted octanol–water partition coefficient (Wildman–Crippen LogP) is -1.12. The van der Waals surface area contributed by atoms with Crippen LogP contribution in [0.25, 0.3) is 0 Å². The molecule has 82 valence electrons. The molecule has 16 heavy (non-hydrogen) atoms. The van der Waals surface area contributed by atoms with Crippen molar-refractivity contribution in [2.45, 2.75) is 9.79 Å². The number of hydrogen-bond donors (Lipinski definition) is 2. The van der Waals surface area contributed by atoms with E-state index in [0.717, 1.165) is 18.2 Å². The minimum absolute atomic E-state index is 0. The molecule has 0 heterocycles. The second-order valence-corrected chi connectivity index (χ2v) is 5.27. The fraction of sp³-hybridized carbons (Fsp3) is 0. The number of hydrogen-bond acceptors (Lipinski definition) is 4. The van der Waals surface area contributed by atoms with Gasteiger partial charge >= 0.3 is 103 Å². The van der Waals surface area contributed by atoms with Gasteiger partial charge in [-0.3, -0.25) is 9.11 Å². The molecule has 0 unspecified atom stereocenters. The van der Waals surface area contributed by atoms with Crippen molar-refractivity contribution in [3.05, 3.63) is 24.3 Å². The van der Waals surface area contributed by atoms with E-state index in [2.05, 4.69) is 0 Å². The van der Waals surface area contributed by atoms with Gasteiger partial charge in [0.15, 0.2) is 0 Å². The maximum absolute atomic E-state index is 10.6. The molecule has 1 rings (SSSR count). The van der Waals surface area contributed by atoms with Gasteiger partial charge in [-0.05, 0) is 18.2 Å². The molecule has 0 aliphatic carbocycles. The van der Waals surface area contributed by atoms with Gasteiger partial charge in [-0.2, -0.15) is 16.8 Å². The second-order valence-electron chi connectivity index (χ2n) is 2.42. The van der Waals surface area contributed by atoms with Gasteiger partial charge in [0.1, 0.15) is 0 Å². The van der Waals surface area contributed by atoms with Crippen LogP contribution in [-0.4, -0.2) is 129 Å². The van der Waals surface area contributed by atoms with Gasteiger partial charge in [0.25, 0.3) is 20.2 Å². The fourth-order valence-corrected chi connectivity index (χ4v) is 1.92. The molecule has 1 aromatic rings. The zero-order valence-electron chi connectivity index (χ0n) is 6.65. The molecule has 0 aliphatic heterocycles. The molecule has 6 nitrogen and oxygen atoms in total. The van der Waals surface area contributed by atoms with Crippen LogP contribution in [0.15, 0.2) is 34.1 Å². The third kappa shape index (κ3) is 6.47. The first kappa shape index (κ1) is 20.6. The van der Waals surface area contributed by atoms with E-state index in [1.165, 1.54) is 0 Å². The summed E-state index contributed by atoms with van der Waals surface area (Å²) in [6.07, 6.45) is 0. The van der Waals surface area contributed by atoms with E-state index in [9.17, 15) is 16.8 Å². The van der Waals surface area contributed by atoms with Crippen LogP contribution in [0.4, 0.5) is 0 Å². The zero-order chi connectivity index (χ0) is 11.0. The first-order valence-electron chi connectivity index (χ1n) is 3.26. The van der Waals surface area contributed by atoms with Crippen molar-refractivity contribution in [2.24, 2.45) is 0 Å². The molecule has 1 aromatic carbocycles. The Kier molecular flexibility index (Phi) is 10.0. The van der Waals surface area contributed by atoms with E-state index in [4.69, 9.17) is 9.11 Å². The van der Waals surface area contributed by atoms with Crippen molar-refractivity contribution >= 4 is 123 Å². The van der Waals surface area contributed by atoms with Crippen LogP contribution in [0, 0.1) is 0 Å². The van der Waals surface area contributed by atoms with Crippen molar-refractivity contribution in [1.82, 2.24) is 0 Å². The van der Waals surface area contributed by atoms with Crippen LogP contribution in [-0.2, 0) is 20.2 Å². The average molecular weight is 318 g/mol. The maximum atomic E-state index is 10.6. The number of rotatable bonds is 2. The molecular formula is C6H8K2O6S2. The Morgan fingerprint density at radius 2 is 1.12 bits per heavy atom. The summed E-state index contributed by atoms with van der Waals surface area (Å²) in [6, 6.07) is 3.75. The van der Waals surface area contributed by atoms with Crippen LogP contribution in [0.2, 0.25) is 0 Å². The Hall–Kier alpha value is 2.31. The summed E-state index contributed by atoms with van der Waals surface area (Å²) >= 11 is 0. The quantitative estimate of drug-likeness (QED) is 0.528. The molecule has 0 spiro atoms. The summed E-state index contributed by atoms with van der Waals surface area (Å²) in [5, 5.41) is 0. The SMILES string of the molecule is O=S(=O)(O)c1cccc(S(=O)(=O)O)c1.[KH].[KH]. The molecule has 0 radical (unpaired) electrons. The van der Waals surface area contributed by atoms with E-state index in [1.54, 1.807) is 0 Å². The predicted molar refractivity (Wildman–Crippen MR) is 60.4 cm³/mol. The Morgan fingerprint density at radius 3 is 1.38 bits per heavy atom. The van der Waals surface area contributed by atoms with E-state index in [1.807, 2.05) is 0 Å². The molecule has 0 saturated heterocycles. The van der Waals surface area contributed by atoms with Gasteiger partial charge in [0.05, 0.1) is 9.79 Å². The Morgan fingerprint density at radius 1 is 0.812 bits per heavy atom. The fourth-order valence-electron chi connectivity index (χ4n) is 0.795. The van der Waals surface area contributed by atoms with Gasteiger partial charge in [0, 0.05) is 0 Å². The van der Waals surface area contributed by atoms with E-state index < -0.39 is 30.0 Å². The molecule has 0 saturated carbocycles. The minimum atomic E-state index is -4.46. The summed E-state index contributed by atoms with van der Waals surface area (Å²) in [5.74, 6) is 0. The third-order valence-electron chi connectivity index (χ3n) is 1.40. The Bertz CT molecular complexity index is 503. The Balaban J connectivity index is 0. The normalized spacial score (nSPS) is 11.1. The second kappa shape index (κ2) is 7.79. The van der Waals surface area contributed by atoms with Crippen molar-refractivity contribution < 1.29 is 25.9 Å². The molecule has 0 atom stereocenters. The zero-order valence-corrected chi connectivity index (χ0v) is 8.29. The molecule has 0 aromatic heterocycles. The Labute approximate surface area is 179 Å². The first-order valence-corrected chi connectivity index (χ1v) is 6.14. The van der Waals surface area contributed by atoms with Gasteiger partial charge in [-0.1, -0.05) is 6.07 Å². The van der Waals surface area contributed by atoms with Crippen LogP contribution < -0.4 is 0 Å². The van der Waals surface area contributed by atoms with Crippen molar-refractivity contribution in [1.29, 1.82) is 0 Å². The summed E-state index contributed by atoms with van der Waals surface area (Å²) in [7, 11) is -8.92. The van der Waals surface area contributed by atoms with Crippen LogP contribution in [0.1, 0.15) is 0 Å². The van der Waals surface area contributed by atoms with Gasteiger partial charge in [0.2, 0.25) is 0 Å². The standard InChI is InChI=1S/C6H6O6S2.2K.2H/c7-13(8,9)5-2-1-3-6(4-5)14(10,11)12;;;;/h1-4H,(H,7,8,9)(H,10,11,12);;;;. The molecule has 2 N–H and O–H groups in total. The topological polar surface area (TPSA) is 109 Å². The summed E-state index contributed by atoms with van der Waals surface area (Å²) < 4.78 is 59.5. The average Bonchev–Trinajstić information content (AvgIpc) is 2.01. The van der Waals surface area contributed by atoms with Gasteiger partial charge < -0.3 is 0 Å². The molecule has 0 fully saturated rings. The van der Waals surface area contributed by atoms with Gasteiger partial charge in [-0.15, -0.1) is 0 Å². The van der Waals surface area contributed by atoms with E-state index >= 15 is 0 Å². The summed E-state index contributed by atoms with van der Waals surface area (Å²) in [4.78, 5) is -1.18. The number of benzene rings is 1. The van der Waals surface area contributed by atoms with Gasteiger partial charge in [-0.25, -0.2) is 0 Å². The molecule has 0 amide bonds. The monoisotopic (exact) mass is 318 g/mol. The van der Waals surface area contributed by atoms with E-state index in [-0.39, 0.29) is 103 Å². The third-order valence-corrected chi connectivity index (χ3v) is 3.10. The van der Waals surface area contributed by atoms with Crippen molar-refractivity contribution in [3.8, 4) is 0 Å². The molecular weight excluding hydrogens is 310 g/mol. The van der Waals surface area contributed by atoms with Crippen LogP contribution in [0.5, 0.6) is 0 Å². The molecule has 10 heteroatoms. The van der Waals surface area contributed by atoms with Crippen molar-refractivity contribution in [2.75, 3.05) is 0 Å². The van der Waals surface area contributed by atoms with Crippen LogP contribution in [0.3, 0.4) is 0 Å². The van der Waals surface area contributed by atoms with Crippen LogP contribution >= 0.6 is 0 Å². The summed E-state index contributed by atoms with van der Waals surface area (Å²) in [5.41, 5.74) is 0.